The van der Waals surface area contributed by atoms with E-state index in [-0.39, 0.29) is 5.91 Å². The van der Waals surface area contributed by atoms with Gasteiger partial charge in [-0.05, 0) is 5.22 Å². The van der Waals surface area contributed by atoms with Gasteiger partial charge in [-0.25, -0.2) is 0 Å². The van der Waals surface area contributed by atoms with Crippen LogP contribution in [-0.2, 0) is 4.79 Å². The van der Waals surface area contributed by atoms with E-state index in [1.807, 2.05) is 0 Å². The molecule has 9 heavy (non-hydrogen) atoms. The highest BCUT2D eigenvalue weighted by Crippen LogP contribution is 1.83. The summed E-state index contributed by atoms with van der Waals surface area (Å²) in [7, 11) is 0. The van der Waals surface area contributed by atoms with E-state index in [0.29, 0.717) is 0 Å². The van der Waals surface area contributed by atoms with Crippen LogP contribution in [0.5, 0.6) is 0 Å². The molecule has 0 atom stereocenters. The Kier molecular flexibility index (Phi) is 3.79. The van der Waals surface area contributed by atoms with Crippen LogP contribution in [0.25, 0.3) is 0 Å². The van der Waals surface area contributed by atoms with Gasteiger partial charge >= 0.3 is 5.91 Å². The van der Waals surface area contributed by atoms with Gasteiger partial charge in [0.25, 0.3) is 0 Å². The number of hydrogen-bond donors (Lipinski definition) is 0. The largest absolute Gasteiger partial charge is 0.310 e. The monoisotopic (exact) mass is 124 g/mol. The smallest absolute Gasteiger partial charge is 0.264 e. The fourth-order valence-electron chi connectivity index (χ4n) is 0.171. The van der Waals surface area contributed by atoms with Gasteiger partial charge in [0.15, 0.2) is 0 Å². The molecule has 1 rings (SSSR count). The Labute approximate surface area is 51.7 Å². The highest BCUT2D eigenvalue weighted by molar-refractivity contribution is 6.27. The zero-order chi connectivity index (χ0) is 7.11. The molecule has 0 saturated carbocycles. The summed E-state index contributed by atoms with van der Waals surface area (Å²) in [4.78, 5) is 9.83. The lowest BCUT2D eigenvalue weighted by Gasteiger charge is -1.55. The Morgan fingerprint density at radius 1 is 1.78 bits per heavy atom. The minimum absolute atomic E-state index is 0.380. The first-order valence-electron chi connectivity index (χ1n) is 2.10. The number of carbonyl (C=O) groups is 1. The fraction of sp³-hybridized carbons (Fsp3) is 0.250. The van der Waals surface area contributed by atoms with Crippen molar-refractivity contribution in [3.05, 3.63) is 0 Å². The van der Waals surface area contributed by atoms with Gasteiger partial charge in [0.2, 0.25) is 0 Å². The summed E-state index contributed by atoms with van der Waals surface area (Å²) in [6, 6.07) is 1.75. The second-order valence-corrected chi connectivity index (χ2v) is 0.996. The fourth-order valence-corrected chi connectivity index (χ4v) is 0.171. The van der Waals surface area contributed by atoms with Crippen molar-refractivity contribution in [2.24, 2.45) is 15.4 Å². The van der Waals surface area contributed by atoms with E-state index in [4.69, 9.17) is 5.26 Å². The summed E-state index contributed by atoms with van der Waals surface area (Å²) >= 11 is 0. The Balaban J connectivity index is 0.000000187. The number of nitriles is 1. The quantitative estimate of drug-likeness (QED) is 0.471. The molecule has 0 fully saturated rings. The third-order valence-corrected chi connectivity index (χ3v) is 0.363. The standard InChI is InChI=1S/C2HN3O.C2H3N/c6-2-1-3-5-4-2;1-2-3/h1H;1H3. The molecule has 0 bridgehead atoms. The molecule has 1 aliphatic rings. The minimum Gasteiger partial charge on any atom is -0.264 e. The van der Waals surface area contributed by atoms with Crippen LogP contribution in [0.2, 0.25) is 0 Å². The highest BCUT2D eigenvalue weighted by atomic mass is 16.2. The van der Waals surface area contributed by atoms with Crippen molar-refractivity contribution in [3.8, 4) is 6.07 Å². The summed E-state index contributed by atoms with van der Waals surface area (Å²) in [5.41, 5.74) is 0. The molecule has 0 aromatic rings. The average Bonchev–Trinajstić information content (AvgIpc) is 2.20. The lowest BCUT2D eigenvalue weighted by Crippen LogP contribution is -1.84. The van der Waals surface area contributed by atoms with Crippen LogP contribution in [0.15, 0.2) is 15.4 Å². The van der Waals surface area contributed by atoms with E-state index in [2.05, 4.69) is 15.4 Å². The van der Waals surface area contributed by atoms with Crippen LogP contribution in [0.1, 0.15) is 6.92 Å². The molecule has 0 aromatic carbocycles. The molecular formula is C4H4N4O. The molecule has 0 saturated heterocycles. The number of carbonyl (C=O) groups excluding carboxylic acids is 1. The van der Waals surface area contributed by atoms with Crippen molar-refractivity contribution in [2.45, 2.75) is 6.92 Å². The molecule has 5 heteroatoms. The first-order valence-corrected chi connectivity index (χ1v) is 2.10. The molecule has 1 aliphatic heterocycles. The molecule has 46 valence electrons. The Morgan fingerprint density at radius 2 is 2.33 bits per heavy atom. The zero-order valence-corrected chi connectivity index (χ0v) is 4.77. The number of nitrogens with zero attached hydrogens (tertiary/aromatic N) is 4. The van der Waals surface area contributed by atoms with Gasteiger partial charge < -0.3 is 0 Å². The van der Waals surface area contributed by atoms with Gasteiger partial charge in [-0.15, -0.1) is 5.10 Å². The number of hydrogen-bond acceptors (Lipinski definition) is 4. The van der Waals surface area contributed by atoms with E-state index < -0.39 is 0 Å². The maximum atomic E-state index is 9.83. The maximum Gasteiger partial charge on any atom is 0.310 e. The van der Waals surface area contributed by atoms with Gasteiger partial charge in [-0.3, -0.25) is 4.79 Å². The molecule has 0 spiro atoms. The lowest BCUT2D eigenvalue weighted by molar-refractivity contribution is -0.111. The number of amides is 1. The maximum absolute atomic E-state index is 9.83. The van der Waals surface area contributed by atoms with Crippen molar-refractivity contribution in [1.29, 1.82) is 5.26 Å². The summed E-state index contributed by atoms with van der Waals surface area (Å²) in [5, 5.41) is 16.5. The molecule has 0 radical (unpaired) electrons. The number of rotatable bonds is 0. The Morgan fingerprint density at radius 3 is 2.44 bits per heavy atom. The molecule has 1 heterocycles. The van der Waals surface area contributed by atoms with Crippen LogP contribution < -0.4 is 0 Å². The van der Waals surface area contributed by atoms with Crippen molar-refractivity contribution in [1.82, 2.24) is 0 Å². The van der Waals surface area contributed by atoms with Crippen LogP contribution in [0.4, 0.5) is 0 Å². The van der Waals surface area contributed by atoms with E-state index in [1.165, 1.54) is 6.92 Å². The average molecular weight is 124 g/mol. The molecule has 0 unspecified atom stereocenters. The minimum atomic E-state index is -0.380. The summed E-state index contributed by atoms with van der Waals surface area (Å²) in [6.45, 7) is 1.43. The van der Waals surface area contributed by atoms with Gasteiger partial charge in [-0.2, -0.15) is 5.26 Å². The van der Waals surface area contributed by atoms with Gasteiger partial charge in [0, 0.05) is 6.92 Å². The highest BCUT2D eigenvalue weighted by Gasteiger charge is 1.94. The summed E-state index contributed by atoms with van der Waals surface area (Å²) < 4.78 is 0. The Bertz CT molecular complexity index is 173. The molecule has 5 nitrogen and oxygen atoms in total. The second kappa shape index (κ2) is 4.59. The van der Waals surface area contributed by atoms with E-state index in [0.717, 1.165) is 6.21 Å². The normalized spacial score (nSPS) is 12.2. The molecular weight excluding hydrogens is 120 g/mol. The molecule has 0 aromatic heterocycles. The van der Waals surface area contributed by atoms with Crippen molar-refractivity contribution < 1.29 is 4.79 Å². The van der Waals surface area contributed by atoms with Crippen LogP contribution in [0, 0.1) is 11.3 Å². The van der Waals surface area contributed by atoms with Crippen molar-refractivity contribution in [3.63, 3.8) is 0 Å². The van der Waals surface area contributed by atoms with Gasteiger partial charge in [-0.1, -0.05) is 5.11 Å². The van der Waals surface area contributed by atoms with E-state index in [1.54, 1.807) is 6.07 Å². The third-order valence-electron chi connectivity index (χ3n) is 0.363. The predicted molar refractivity (Wildman–Crippen MR) is 29.6 cm³/mol. The van der Waals surface area contributed by atoms with Gasteiger partial charge in [0.05, 0.1) is 6.07 Å². The third kappa shape index (κ3) is 4.28. The predicted octanol–water partition coefficient (Wildman–Crippen LogP) is 0.494. The van der Waals surface area contributed by atoms with E-state index in [9.17, 15) is 4.79 Å². The van der Waals surface area contributed by atoms with Crippen molar-refractivity contribution in [2.75, 3.05) is 0 Å². The van der Waals surface area contributed by atoms with Crippen LogP contribution in [0.3, 0.4) is 0 Å². The SMILES string of the molecule is CC#N.O=C1C=NN=N1. The zero-order valence-electron chi connectivity index (χ0n) is 4.77. The first kappa shape index (κ1) is 7.43. The Hall–Kier alpha value is -1.57. The molecule has 0 N–H and O–H groups in total. The van der Waals surface area contributed by atoms with Crippen LogP contribution >= 0.6 is 0 Å². The summed E-state index contributed by atoms with van der Waals surface area (Å²) in [5.74, 6) is -0.380. The topological polar surface area (TPSA) is 77.9 Å². The van der Waals surface area contributed by atoms with Gasteiger partial charge in [0.1, 0.15) is 6.21 Å². The van der Waals surface area contributed by atoms with Crippen molar-refractivity contribution >= 4 is 12.1 Å². The first-order chi connectivity index (χ1) is 4.31. The second-order valence-electron chi connectivity index (χ2n) is 0.996. The van der Waals surface area contributed by atoms with E-state index >= 15 is 0 Å². The molecule has 1 amide bonds. The lowest BCUT2D eigenvalue weighted by atomic mass is 10.7. The van der Waals surface area contributed by atoms with Crippen LogP contribution in [-0.4, -0.2) is 12.1 Å². The summed E-state index contributed by atoms with van der Waals surface area (Å²) in [6.07, 6.45) is 1.06. The molecule has 0 aliphatic carbocycles.